The van der Waals surface area contributed by atoms with Gasteiger partial charge in [0.15, 0.2) is 11.5 Å². The highest BCUT2D eigenvalue weighted by atomic mass is 32.2. The third-order valence-corrected chi connectivity index (χ3v) is 5.98. The van der Waals surface area contributed by atoms with E-state index in [2.05, 4.69) is 20.3 Å². The van der Waals surface area contributed by atoms with E-state index in [9.17, 15) is 26.4 Å². The number of nitrogens with zero attached hydrogens (tertiary/aromatic N) is 1. The van der Waals surface area contributed by atoms with Crippen molar-refractivity contribution in [3.8, 4) is 11.5 Å². The summed E-state index contributed by atoms with van der Waals surface area (Å²) in [6.07, 6.45) is -2.79. The molecule has 1 amide bonds. The van der Waals surface area contributed by atoms with Gasteiger partial charge < -0.3 is 20.1 Å². The molecule has 0 bridgehead atoms. The van der Waals surface area contributed by atoms with Gasteiger partial charge in [-0.15, -0.1) is 0 Å². The molecule has 3 rings (SSSR count). The molecule has 0 fully saturated rings. The summed E-state index contributed by atoms with van der Waals surface area (Å²) in [5.74, 6) is 0.00654. The van der Waals surface area contributed by atoms with E-state index in [1.807, 2.05) is 0 Å². The van der Waals surface area contributed by atoms with Gasteiger partial charge in [0, 0.05) is 44.7 Å². The fraction of sp³-hybridized carbons (Fsp3) is 0.400. The summed E-state index contributed by atoms with van der Waals surface area (Å²) in [6, 6.07) is 6.35. The van der Waals surface area contributed by atoms with Crippen LogP contribution in [0.1, 0.15) is 18.4 Å². The standard InChI is InChI=1S/C20H23F3N4O5S/c21-20(22,23)15-3-1-7-25-19(15)26-10-9-24-18(28)6-8-27-33(29,30)14-4-5-16-17(13-14)32-12-2-11-31-16/h1,3-5,7,13,27H,2,6,8-12H2,(H,24,28)(H,25,26). The Bertz CT molecular complexity index is 1080. The zero-order valence-corrected chi connectivity index (χ0v) is 18.3. The molecule has 9 nitrogen and oxygen atoms in total. The number of rotatable bonds is 9. The molecule has 0 saturated carbocycles. The average Bonchev–Trinajstić information content (AvgIpc) is 3.01. The maximum Gasteiger partial charge on any atom is 0.419 e. The number of anilines is 1. The van der Waals surface area contributed by atoms with E-state index in [-0.39, 0.29) is 36.8 Å². The monoisotopic (exact) mass is 488 g/mol. The summed E-state index contributed by atoms with van der Waals surface area (Å²) in [7, 11) is -3.87. The number of amides is 1. The number of benzene rings is 1. The van der Waals surface area contributed by atoms with Crippen molar-refractivity contribution < 1.29 is 35.9 Å². The fourth-order valence-electron chi connectivity index (χ4n) is 2.94. The molecule has 180 valence electrons. The van der Waals surface area contributed by atoms with Crippen molar-refractivity contribution in [3.05, 3.63) is 42.1 Å². The van der Waals surface area contributed by atoms with Gasteiger partial charge in [0.25, 0.3) is 0 Å². The van der Waals surface area contributed by atoms with E-state index >= 15 is 0 Å². The highest BCUT2D eigenvalue weighted by molar-refractivity contribution is 7.89. The molecule has 0 aliphatic carbocycles. The maximum absolute atomic E-state index is 12.9. The van der Waals surface area contributed by atoms with Crippen molar-refractivity contribution in [2.45, 2.75) is 23.9 Å². The lowest BCUT2D eigenvalue weighted by Gasteiger charge is -2.13. The van der Waals surface area contributed by atoms with Gasteiger partial charge in [-0.25, -0.2) is 18.1 Å². The van der Waals surface area contributed by atoms with Crippen LogP contribution in [0.4, 0.5) is 19.0 Å². The van der Waals surface area contributed by atoms with Crippen LogP contribution in [0.15, 0.2) is 41.4 Å². The summed E-state index contributed by atoms with van der Waals surface area (Å²) in [4.78, 5) is 15.6. The molecule has 0 spiro atoms. The van der Waals surface area contributed by atoms with E-state index in [0.29, 0.717) is 31.1 Å². The van der Waals surface area contributed by atoms with Gasteiger partial charge in [0.05, 0.1) is 23.7 Å². The Morgan fingerprint density at radius 1 is 1.06 bits per heavy atom. The van der Waals surface area contributed by atoms with E-state index in [1.54, 1.807) is 0 Å². The number of fused-ring (bicyclic) bond motifs is 1. The minimum Gasteiger partial charge on any atom is -0.490 e. The van der Waals surface area contributed by atoms with E-state index < -0.39 is 27.7 Å². The summed E-state index contributed by atoms with van der Waals surface area (Å²) >= 11 is 0. The van der Waals surface area contributed by atoms with Crippen molar-refractivity contribution in [2.24, 2.45) is 0 Å². The summed E-state index contributed by atoms with van der Waals surface area (Å²) in [6.45, 7) is 0.773. The fourth-order valence-corrected chi connectivity index (χ4v) is 3.99. The Labute approximate surface area is 188 Å². The molecule has 1 aliphatic heterocycles. The lowest BCUT2D eigenvalue weighted by atomic mass is 10.2. The first kappa shape index (κ1) is 24.6. The van der Waals surface area contributed by atoms with Crippen LogP contribution in [-0.4, -0.2) is 52.2 Å². The zero-order valence-electron chi connectivity index (χ0n) is 17.4. The number of carbonyl (C=O) groups is 1. The predicted molar refractivity (Wildman–Crippen MR) is 113 cm³/mol. The molecular formula is C20H23F3N4O5S. The van der Waals surface area contributed by atoms with E-state index in [4.69, 9.17) is 9.47 Å². The summed E-state index contributed by atoms with van der Waals surface area (Å²) in [5.41, 5.74) is -0.902. The normalized spacial score (nSPS) is 13.8. The first-order valence-corrected chi connectivity index (χ1v) is 11.6. The second-order valence-corrected chi connectivity index (χ2v) is 8.75. The van der Waals surface area contributed by atoms with Crippen LogP contribution in [0.2, 0.25) is 0 Å². The van der Waals surface area contributed by atoms with E-state index in [0.717, 1.165) is 6.07 Å². The zero-order chi connectivity index (χ0) is 23.9. The van der Waals surface area contributed by atoms with Crippen LogP contribution in [0.5, 0.6) is 11.5 Å². The first-order chi connectivity index (χ1) is 15.7. The minimum absolute atomic E-state index is 0.00869. The molecule has 13 heteroatoms. The number of sulfonamides is 1. The van der Waals surface area contributed by atoms with Gasteiger partial charge in [-0.2, -0.15) is 13.2 Å². The topological polar surface area (TPSA) is 119 Å². The average molecular weight is 488 g/mol. The number of ether oxygens (including phenoxy) is 2. The molecular weight excluding hydrogens is 465 g/mol. The van der Waals surface area contributed by atoms with Crippen molar-refractivity contribution in [1.29, 1.82) is 0 Å². The van der Waals surface area contributed by atoms with Crippen LogP contribution in [0, 0.1) is 0 Å². The molecule has 3 N–H and O–H groups in total. The largest absolute Gasteiger partial charge is 0.490 e. The highest BCUT2D eigenvalue weighted by Crippen LogP contribution is 2.33. The van der Waals surface area contributed by atoms with Crippen molar-refractivity contribution >= 4 is 21.7 Å². The van der Waals surface area contributed by atoms with Gasteiger partial charge in [-0.05, 0) is 24.3 Å². The Hall–Kier alpha value is -3.06. The van der Waals surface area contributed by atoms with Crippen molar-refractivity contribution in [2.75, 3.05) is 38.2 Å². The maximum atomic E-state index is 12.9. The van der Waals surface area contributed by atoms with Crippen molar-refractivity contribution in [1.82, 2.24) is 15.0 Å². The first-order valence-electron chi connectivity index (χ1n) is 10.1. The SMILES string of the molecule is O=C(CCNS(=O)(=O)c1ccc2c(c1)OCCCO2)NCCNc1ncccc1C(F)(F)F. The van der Waals surface area contributed by atoms with Crippen LogP contribution in [-0.2, 0) is 21.0 Å². The number of carbonyl (C=O) groups excluding carboxylic acids is 1. The molecule has 33 heavy (non-hydrogen) atoms. The second kappa shape index (κ2) is 10.7. The molecule has 0 unspecified atom stereocenters. The lowest BCUT2D eigenvalue weighted by Crippen LogP contribution is -2.33. The van der Waals surface area contributed by atoms with Gasteiger partial charge in [0.2, 0.25) is 15.9 Å². The van der Waals surface area contributed by atoms with Gasteiger partial charge in [-0.1, -0.05) is 0 Å². The van der Waals surface area contributed by atoms with Crippen LogP contribution < -0.4 is 24.8 Å². The van der Waals surface area contributed by atoms with Crippen molar-refractivity contribution in [3.63, 3.8) is 0 Å². The molecule has 0 radical (unpaired) electrons. The van der Waals surface area contributed by atoms with Gasteiger partial charge >= 0.3 is 6.18 Å². The summed E-state index contributed by atoms with van der Waals surface area (Å²) < 4.78 is 77.0. The molecule has 1 aromatic carbocycles. The number of nitrogens with one attached hydrogen (secondary N) is 3. The second-order valence-electron chi connectivity index (χ2n) is 6.98. The van der Waals surface area contributed by atoms with Crippen LogP contribution in [0.3, 0.4) is 0 Å². The van der Waals surface area contributed by atoms with Gasteiger partial charge in [0.1, 0.15) is 5.82 Å². The lowest BCUT2D eigenvalue weighted by molar-refractivity contribution is -0.137. The smallest absolute Gasteiger partial charge is 0.419 e. The minimum atomic E-state index is -4.55. The number of halogens is 3. The molecule has 2 aromatic rings. The quantitative estimate of drug-likeness (QED) is 0.463. The van der Waals surface area contributed by atoms with Gasteiger partial charge in [-0.3, -0.25) is 4.79 Å². The van der Waals surface area contributed by atoms with Crippen LogP contribution >= 0.6 is 0 Å². The Balaban J connectivity index is 1.42. The Morgan fingerprint density at radius 3 is 2.58 bits per heavy atom. The third kappa shape index (κ3) is 6.96. The van der Waals surface area contributed by atoms with Crippen LogP contribution in [0.25, 0.3) is 0 Å². The predicted octanol–water partition coefficient (Wildman–Crippen LogP) is 2.16. The number of pyridine rings is 1. The number of hydrogen-bond donors (Lipinski definition) is 3. The molecule has 1 aromatic heterocycles. The number of hydrogen-bond acceptors (Lipinski definition) is 7. The van der Waals surface area contributed by atoms with E-state index in [1.165, 1.54) is 30.5 Å². The number of aromatic nitrogens is 1. The number of alkyl halides is 3. The highest BCUT2D eigenvalue weighted by Gasteiger charge is 2.33. The summed E-state index contributed by atoms with van der Waals surface area (Å²) in [5, 5.41) is 5.03. The molecule has 2 heterocycles. The Kier molecular flexibility index (Phi) is 7.97. The Morgan fingerprint density at radius 2 is 1.82 bits per heavy atom. The molecule has 1 aliphatic rings. The molecule has 0 saturated heterocycles. The molecule has 0 atom stereocenters. The third-order valence-electron chi connectivity index (χ3n) is 4.53.